The number of likely N-dealkylation sites (tertiary alicyclic amines) is 1. The highest BCUT2D eigenvalue weighted by Gasteiger charge is 2.23. The van der Waals surface area contributed by atoms with E-state index in [1.165, 1.54) is 29.2 Å². The van der Waals surface area contributed by atoms with E-state index in [4.69, 9.17) is 5.11 Å². The van der Waals surface area contributed by atoms with Gasteiger partial charge >= 0.3 is 6.09 Å². The highest BCUT2D eigenvalue weighted by molar-refractivity contribution is 7.90. The third kappa shape index (κ3) is 4.66. The van der Waals surface area contributed by atoms with Crippen molar-refractivity contribution in [2.75, 3.05) is 24.7 Å². The Kier molecular flexibility index (Phi) is 5.64. The minimum Gasteiger partial charge on any atom is -0.465 e. The molecule has 0 atom stereocenters. The van der Waals surface area contributed by atoms with Gasteiger partial charge < -0.3 is 15.3 Å². The summed E-state index contributed by atoms with van der Waals surface area (Å²) in [5.41, 5.74) is 1.35. The number of sulfone groups is 1. The van der Waals surface area contributed by atoms with Crippen LogP contribution >= 0.6 is 0 Å². The number of piperidine rings is 1. The van der Waals surface area contributed by atoms with Gasteiger partial charge in [-0.05, 0) is 54.7 Å². The number of aromatic nitrogens is 1. The maximum absolute atomic E-state index is 12.3. The van der Waals surface area contributed by atoms with E-state index in [2.05, 4.69) is 10.3 Å². The van der Waals surface area contributed by atoms with Crippen molar-refractivity contribution < 1.29 is 23.1 Å². The molecule has 1 saturated heterocycles. The smallest absolute Gasteiger partial charge is 0.407 e. The lowest BCUT2D eigenvalue weighted by molar-refractivity contribution is 0.102. The molecule has 1 aromatic carbocycles. The quantitative estimate of drug-likeness (QED) is 0.810. The molecule has 2 heterocycles. The maximum Gasteiger partial charge on any atom is 0.407 e. The normalized spacial score (nSPS) is 15.2. The third-order valence-corrected chi connectivity index (χ3v) is 5.94. The highest BCUT2D eigenvalue weighted by atomic mass is 32.2. The molecule has 1 aliphatic rings. The van der Waals surface area contributed by atoms with Gasteiger partial charge in [0.1, 0.15) is 5.82 Å². The summed E-state index contributed by atoms with van der Waals surface area (Å²) in [6.45, 7) is 1.00. The molecule has 0 unspecified atom stereocenters. The number of carbonyl (C=O) groups is 2. The largest absolute Gasteiger partial charge is 0.465 e. The van der Waals surface area contributed by atoms with Crippen molar-refractivity contribution in [3.8, 4) is 0 Å². The van der Waals surface area contributed by atoms with E-state index in [0.717, 1.165) is 24.7 Å². The molecule has 1 fully saturated rings. The van der Waals surface area contributed by atoms with Gasteiger partial charge in [-0.1, -0.05) is 6.07 Å². The van der Waals surface area contributed by atoms with Crippen molar-refractivity contribution in [1.82, 2.24) is 9.88 Å². The van der Waals surface area contributed by atoms with E-state index in [-0.39, 0.29) is 16.7 Å². The van der Waals surface area contributed by atoms with Crippen molar-refractivity contribution in [3.63, 3.8) is 0 Å². The fourth-order valence-corrected chi connectivity index (χ4v) is 3.80. The molecule has 3 rings (SSSR count). The highest BCUT2D eigenvalue weighted by Crippen LogP contribution is 2.28. The Labute approximate surface area is 163 Å². The Morgan fingerprint density at radius 2 is 1.75 bits per heavy atom. The molecule has 1 aromatic heterocycles. The van der Waals surface area contributed by atoms with Crippen molar-refractivity contribution in [1.29, 1.82) is 0 Å². The Bertz CT molecular complexity index is 964. The number of amides is 2. The SMILES string of the molecule is CS(=O)(=O)c1ccc(C(=O)Nc2ccc(C3CCN(C(=O)O)CC3)cn2)cc1. The number of pyridine rings is 1. The number of hydrogen-bond donors (Lipinski definition) is 2. The fraction of sp³-hybridized carbons (Fsp3) is 0.316. The Morgan fingerprint density at radius 1 is 1.11 bits per heavy atom. The average Bonchev–Trinajstić information content (AvgIpc) is 2.68. The van der Waals surface area contributed by atoms with E-state index in [0.29, 0.717) is 24.5 Å². The second-order valence-corrected chi connectivity index (χ2v) is 8.79. The lowest BCUT2D eigenvalue weighted by Crippen LogP contribution is -2.36. The minimum atomic E-state index is -3.31. The van der Waals surface area contributed by atoms with Crippen LogP contribution in [0, 0.1) is 0 Å². The summed E-state index contributed by atoms with van der Waals surface area (Å²) in [5.74, 6) is 0.260. The summed E-state index contributed by atoms with van der Waals surface area (Å²) in [5, 5.41) is 11.7. The molecule has 8 nitrogen and oxygen atoms in total. The zero-order valence-electron chi connectivity index (χ0n) is 15.3. The van der Waals surface area contributed by atoms with Crippen molar-refractivity contribution in [3.05, 3.63) is 53.7 Å². The van der Waals surface area contributed by atoms with Crippen LogP contribution in [0.15, 0.2) is 47.5 Å². The predicted octanol–water partition coefficient (Wildman–Crippen LogP) is 2.59. The van der Waals surface area contributed by atoms with E-state index in [9.17, 15) is 18.0 Å². The second-order valence-electron chi connectivity index (χ2n) is 6.77. The van der Waals surface area contributed by atoms with E-state index >= 15 is 0 Å². The first-order chi connectivity index (χ1) is 13.2. The molecular weight excluding hydrogens is 382 g/mol. The van der Waals surface area contributed by atoms with Crippen LogP contribution in [0.3, 0.4) is 0 Å². The summed E-state index contributed by atoms with van der Waals surface area (Å²) in [6.07, 6.45) is 3.40. The monoisotopic (exact) mass is 403 g/mol. The molecule has 148 valence electrons. The number of benzene rings is 1. The van der Waals surface area contributed by atoms with Crippen LogP contribution in [-0.2, 0) is 9.84 Å². The van der Waals surface area contributed by atoms with Gasteiger partial charge in [-0.15, -0.1) is 0 Å². The van der Waals surface area contributed by atoms with E-state index in [1.807, 2.05) is 6.07 Å². The molecule has 2 aromatic rings. The van der Waals surface area contributed by atoms with Crippen LogP contribution in [0.4, 0.5) is 10.6 Å². The van der Waals surface area contributed by atoms with Gasteiger partial charge in [0.2, 0.25) is 0 Å². The number of carboxylic acid groups (broad SMARTS) is 1. The molecule has 2 N–H and O–H groups in total. The zero-order chi connectivity index (χ0) is 20.3. The molecular formula is C19H21N3O5S. The molecule has 1 aliphatic heterocycles. The van der Waals surface area contributed by atoms with Gasteiger partial charge in [0.25, 0.3) is 5.91 Å². The van der Waals surface area contributed by atoms with Gasteiger partial charge in [-0.2, -0.15) is 0 Å². The molecule has 9 heteroatoms. The first kappa shape index (κ1) is 19.8. The lowest BCUT2D eigenvalue weighted by atomic mass is 9.91. The number of carbonyl (C=O) groups excluding carboxylic acids is 1. The fourth-order valence-electron chi connectivity index (χ4n) is 3.17. The number of rotatable bonds is 4. The third-order valence-electron chi connectivity index (χ3n) is 4.81. The Balaban J connectivity index is 1.61. The van der Waals surface area contributed by atoms with Gasteiger partial charge in [0, 0.05) is 31.1 Å². The molecule has 28 heavy (non-hydrogen) atoms. The standard InChI is InChI=1S/C19H21N3O5S/c1-28(26,27)16-5-2-14(3-6-16)18(23)21-17-7-4-15(12-20-17)13-8-10-22(11-9-13)19(24)25/h2-7,12-13H,8-11H2,1H3,(H,24,25)(H,20,21,23). The van der Waals surface area contributed by atoms with E-state index < -0.39 is 15.9 Å². The number of nitrogens with one attached hydrogen (secondary N) is 1. The van der Waals surface area contributed by atoms with Gasteiger partial charge in [-0.25, -0.2) is 18.2 Å². The molecule has 2 amide bonds. The van der Waals surface area contributed by atoms with Gasteiger partial charge in [-0.3, -0.25) is 4.79 Å². The van der Waals surface area contributed by atoms with Crippen molar-refractivity contribution in [2.45, 2.75) is 23.7 Å². The number of hydrogen-bond acceptors (Lipinski definition) is 5. The Hall–Kier alpha value is -2.94. The van der Waals surface area contributed by atoms with Crippen LogP contribution < -0.4 is 5.32 Å². The van der Waals surface area contributed by atoms with E-state index in [1.54, 1.807) is 12.3 Å². The Morgan fingerprint density at radius 3 is 2.25 bits per heavy atom. The maximum atomic E-state index is 12.3. The van der Waals surface area contributed by atoms with Crippen LogP contribution in [0.5, 0.6) is 0 Å². The van der Waals surface area contributed by atoms with Crippen molar-refractivity contribution >= 4 is 27.7 Å². The summed E-state index contributed by atoms with van der Waals surface area (Å²) < 4.78 is 23.0. The summed E-state index contributed by atoms with van der Waals surface area (Å²) in [4.78, 5) is 29.1. The van der Waals surface area contributed by atoms with Crippen LogP contribution in [0.2, 0.25) is 0 Å². The zero-order valence-corrected chi connectivity index (χ0v) is 16.1. The first-order valence-electron chi connectivity index (χ1n) is 8.79. The summed E-state index contributed by atoms with van der Waals surface area (Å²) in [7, 11) is -3.31. The van der Waals surface area contributed by atoms with Gasteiger partial charge in [0.05, 0.1) is 4.90 Å². The molecule has 0 aliphatic carbocycles. The molecule has 0 bridgehead atoms. The first-order valence-corrected chi connectivity index (χ1v) is 10.7. The van der Waals surface area contributed by atoms with Crippen molar-refractivity contribution in [2.24, 2.45) is 0 Å². The molecule has 0 radical (unpaired) electrons. The van der Waals surface area contributed by atoms with Crippen LogP contribution in [-0.4, -0.2) is 54.8 Å². The minimum absolute atomic E-state index is 0.153. The average molecular weight is 403 g/mol. The van der Waals surface area contributed by atoms with Crippen LogP contribution in [0.1, 0.15) is 34.7 Å². The topological polar surface area (TPSA) is 117 Å². The lowest BCUT2D eigenvalue weighted by Gasteiger charge is -2.30. The predicted molar refractivity (Wildman–Crippen MR) is 103 cm³/mol. The summed E-state index contributed by atoms with van der Waals surface area (Å²) in [6, 6.07) is 9.29. The second kappa shape index (κ2) is 7.97. The summed E-state index contributed by atoms with van der Waals surface area (Å²) >= 11 is 0. The number of anilines is 1. The number of nitrogens with zero attached hydrogens (tertiary/aromatic N) is 2. The molecule has 0 spiro atoms. The van der Waals surface area contributed by atoms with Crippen LogP contribution in [0.25, 0.3) is 0 Å². The van der Waals surface area contributed by atoms with Gasteiger partial charge in [0.15, 0.2) is 9.84 Å². The molecule has 0 saturated carbocycles.